The first kappa shape index (κ1) is 20.1. The van der Waals surface area contributed by atoms with Gasteiger partial charge in [-0.2, -0.15) is 0 Å². The van der Waals surface area contributed by atoms with E-state index in [-0.39, 0.29) is 11.6 Å². The predicted molar refractivity (Wildman–Crippen MR) is 111 cm³/mol. The Morgan fingerprint density at radius 1 is 1.07 bits per heavy atom. The Bertz CT molecular complexity index is 966. The van der Waals surface area contributed by atoms with Crippen LogP contribution in [-0.4, -0.2) is 48.7 Å². The van der Waals surface area contributed by atoms with Crippen LogP contribution in [0.3, 0.4) is 0 Å². The zero-order valence-electron chi connectivity index (χ0n) is 16.6. The van der Waals surface area contributed by atoms with Crippen molar-refractivity contribution in [1.29, 1.82) is 0 Å². The van der Waals surface area contributed by atoms with Crippen molar-refractivity contribution in [3.63, 3.8) is 0 Å². The maximum absolute atomic E-state index is 12.7. The highest BCUT2D eigenvalue weighted by Crippen LogP contribution is 2.29. The number of carbonyl (C=O) groups is 1. The molecule has 8 nitrogen and oxygen atoms in total. The second-order valence-electron chi connectivity index (χ2n) is 6.29. The Morgan fingerprint density at radius 2 is 1.86 bits per heavy atom. The number of nitrogens with one attached hydrogen (secondary N) is 1. The summed E-state index contributed by atoms with van der Waals surface area (Å²) in [4.78, 5) is 27.3. The molecule has 0 aliphatic rings. The van der Waals surface area contributed by atoms with Gasteiger partial charge in [-0.25, -0.2) is 9.97 Å². The smallest absolute Gasteiger partial charge is 0.274 e. The van der Waals surface area contributed by atoms with Gasteiger partial charge in [0.05, 0.1) is 19.9 Å². The van der Waals surface area contributed by atoms with Crippen molar-refractivity contribution in [3.8, 4) is 11.5 Å². The summed E-state index contributed by atoms with van der Waals surface area (Å²) in [6, 6.07) is 10.7. The summed E-state index contributed by atoms with van der Waals surface area (Å²) in [7, 11) is 4.99. The van der Waals surface area contributed by atoms with E-state index in [1.54, 1.807) is 50.0 Å². The number of nitrogens with zero attached hydrogens (tertiary/aromatic N) is 4. The molecule has 1 N–H and O–H groups in total. The van der Waals surface area contributed by atoms with Gasteiger partial charge in [-0.05, 0) is 42.3 Å². The molecule has 0 saturated carbocycles. The fourth-order valence-electron chi connectivity index (χ4n) is 2.70. The highest BCUT2D eigenvalue weighted by atomic mass is 16.5. The molecule has 0 saturated heterocycles. The van der Waals surface area contributed by atoms with Crippen LogP contribution in [-0.2, 0) is 6.42 Å². The zero-order valence-corrected chi connectivity index (χ0v) is 16.6. The van der Waals surface area contributed by atoms with Crippen LogP contribution in [0.4, 0.5) is 11.6 Å². The summed E-state index contributed by atoms with van der Waals surface area (Å²) in [5.41, 5.74) is 1.93. The molecule has 29 heavy (non-hydrogen) atoms. The van der Waals surface area contributed by atoms with E-state index in [1.165, 1.54) is 12.7 Å². The summed E-state index contributed by atoms with van der Waals surface area (Å²) in [5.74, 6) is 1.26. The Morgan fingerprint density at radius 3 is 2.59 bits per heavy atom. The van der Waals surface area contributed by atoms with Gasteiger partial charge in [-0.1, -0.05) is 0 Å². The van der Waals surface area contributed by atoms with E-state index in [0.29, 0.717) is 29.7 Å². The summed E-state index contributed by atoms with van der Waals surface area (Å²) < 4.78 is 10.5. The van der Waals surface area contributed by atoms with E-state index < -0.39 is 0 Å². The third-order valence-electron chi connectivity index (χ3n) is 4.36. The monoisotopic (exact) mass is 393 g/mol. The molecule has 0 unspecified atom stereocenters. The molecule has 1 aromatic carbocycles. The number of likely N-dealkylation sites (N-methyl/N-ethyl adjacent to an activating group) is 1. The topological polar surface area (TPSA) is 89.5 Å². The van der Waals surface area contributed by atoms with E-state index >= 15 is 0 Å². The maximum Gasteiger partial charge on any atom is 0.274 e. The first-order valence-electron chi connectivity index (χ1n) is 9.07. The van der Waals surface area contributed by atoms with Crippen molar-refractivity contribution in [2.75, 3.05) is 38.0 Å². The Labute approximate surface area is 169 Å². The molecule has 0 fully saturated rings. The molecule has 8 heteroatoms. The van der Waals surface area contributed by atoms with Crippen molar-refractivity contribution >= 4 is 17.5 Å². The molecule has 3 aromatic rings. The molecule has 0 spiro atoms. The number of hydrogen-bond donors (Lipinski definition) is 1. The Kier molecular flexibility index (Phi) is 6.57. The number of hydrogen-bond acceptors (Lipinski definition) is 7. The second-order valence-corrected chi connectivity index (χ2v) is 6.29. The maximum atomic E-state index is 12.7. The van der Waals surface area contributed by atoms with Crippen LogP contribution >= 0.6 is 0 Å². The number of benzene rings is 1. The normalized spacial score (nSPS) is 10.3. The molecule has 0 atom stereocenters. The van der Waals surface area contributed by atoms with Gasteiger partial charge < -0.3 is 19.7 Å². The van der Waals surface area contributed by atoms with Crippen LogP contribution in [0.5, 0.6) is 11.5 Å². The molecule has 0 bridgehead atoms. The van der Waals surface area contributed by atoms with Crippen LogP contribution in [0, 0.1) is 0 Å². The fraction of sp³-hybridized carbons (Fsp3) is 0.238. The standard InChI is InChI=1S/C21H23N5O3/c1-26(13-9-15-6-10-22-11-7-15)21-23-12-8-17(25-21)20(27)24-18-14-16(28-2)4-5-19(18)29-3/h4-8,10-12,14H,9,13H2,1-3H3,(H,24,27). The van der Waals surface area contributed by atoms with Crippen molar-refractivity contribution in [3.05, 3.63) is 66.2 Å². The van der Waals surface area contributed by atoms with Gasteiger partial charge in [0.1, 0.15) is 17.2 Å². The Hall–Kier alpha value is -3.68. The zero-order chi connectivity index (χ0) is 20.6. The van der Waals surface area contributed by atoms with Crippen LogP contribution in [0.2, 0.25) is 0 Å². The lowest BCUT2D eigenvalue weighted by atomic mass is 10.2. The minimum Gasteiger partial charge on any atom is -0.497 e. The van der Waals surface area contributed by atoms with Crippen LogP contribution in [0.1, 0.15) is 16.1 Å². The fourth-order valence-corrected chi connectivity index (χ4v) is 2.70. The predicted octanol–water partition coefficient (Wildman–Crippen LogP) is 2.82. The lowest BCUT2D eigenvalue weighted by molar-refractivity contribution is 0.102. The van der Waals surface area contributed by atoms with Crippen molar-refractivity contribution in [2.45, 2.75) is 6.42 Å². The molecule has 3 rings (SSSR count). The summed E-state index contributed by atoms with van der Waals surface area (Å²) in [6.45, 7) is 0.707. The first-order chi connectivity index (χ1) is 14.1. The molecule has 0 radical (unpaired) electrons. The lowest BCUT2D eigenvalue weighted by Crippen LogP contribution is -2.24. The van der Waals surface area contributed by atoms with Crippen molar-refractivity contribution < 1.29 is 14.3 Å². The van der Waals surface area contributed by atoms with E-state index in [2.05, 4.69) is 20.3 Å². The minimum absolute atomic E-state index is 0.260. The van der Waals surface area contributed by atoms with Crippen LogP contribution in [0.15, 0.2) is 55.0 Å². The van der Waals surface area contributed by atoms with E-state index in [0.717, 1.165) is 6.42 Å². The molecular weight excluding hydrogens is 370 g/mol. The number of rotatable bonds is 8. The number of anilines is 2. The number of ether oxygens (including phenoxy) is 2. The highest BCUT2D eigenvalue weighted by Gasteiger charge is 2.14. The minimum atomic E-state index is -0.359. The van der Waals surface area contributed by atoms with Crippen molar-refractivity contribution in [2.24, 2.45) is 0 Å². The SMILES string of the molecule is COc1ccc(OC)c(NC(=O)c2ccnc(N(C)CCc3ccncc3)n2)c1. The second kappa shape index (κ2) is 9.50. The first-order valence-corrected chi connectivity index (χ1v) is 9.07. The number of amides is 1. The number of pyridine rings is 1. The van der Waals surface area contributed by atoms with Crippen LogP contribution in [0.25, 0.3) is 0 Å². The third kappa shape index (κ3) is 5.19. The summed E-state index contributed by atoms with van der Waals surface area (Å²) >= 11 is 0. The van der Waals surface area contributed by atoms with E-state index in [4.69, 9.17) is 9.47 Å². The van der Waals surface area contributed by atoms with Crippen LogP contribution < -0.4 is 19.7 Å². The average Bonchev–Trinajstić information content (AvgIpc) is 2.78. The number of methoxy groups -OCH3 is 2. The van der Waals surface area contributed by atoms with E-state index in [9.17, 15) is 4.79 Å². The summed E-state index contributed by atoms with van der Waals surface area (Å²) in [5, 5.41) is 2.82. The molecule has 1 amide bonds. The van der Waals surface area contributed by atoms with Gasteiger partial charge in [-0.3, -0.25) is 9.78 Å². The molecule has 150 valence electrons. The van der Waals surface area contributed by atoms with Gasteiger partial charge in [0.25, 0.3) is 5.91 Å². The molecule has 2 aromatic heterocycles. The largest absolute Gasteiger partial charge is 0.497 e. The Balaban J connectivity index is 1.71. The van der Waals surface area contributed by atoms with Gasteiger partial charge in [0, 0.05) is 38.2 Å². The lowest BCUT2D eigenvalue weighted by Gasteiger charge is -2.17. The number of carbonyl (C=O) groups excluding carboxylic acids is 1. The van der Waals surface area contributed by atoms with Gasteiger partial charge in [0.15, 0.2) is 0 Å². The third-order valence-corrected chi connectivity index (χ3v) is 4.36. The molecule has 0 aliphatic heterocycles. The average molecular weight is 393 g/mol. The van der Waals surface area contributed by atoms with Gasteiger partial charge in [-0.15, -0.1) is 0 Å². The number of aromatic nitrogens is 3. The van der Waals surface area contributed by atoms with Gasteiger partial charge >= 0.3 is 0 Å². The molecule has 2 heterocycles. The quantitative estimate of drug-likeness (QED) is 0.629. The molecular formula is C21H23N5O3. The van der Waals surface area contributed by atoms with Crippen molar-refractivity contribution in [1.82, 2.24) is 15.0 Å². The molecule has 0 aliphatic carbocycles. The summed E-state index contributed by atoms with van der Waals surface area (Å²) in [6.07, 6.45) is 5.93. The van der Waals surface area contributed by atoms with Gasteiger partial charge in [0.2, 0.25) is 5.95 Å². The van der Waals surface area contributed by atoms with E-state index in [1.807, 2.05) is 24.1 Å². The highest BCUT2D eigenvalue weighted by molar-refractivity contribution is 6.03.